The van der Waals surface area contributed by atoms with Crippen LogP contribution in [0.25, 0.3) is 16.7 Å². The number of aldehydes is 1. The number of carbonyl (C=O) groups is 1. The van der Waals surface area contributed by atoms with Crippen molar-refractivity contribution >= 4 is 17.2 Å². The zero-order chi connectivity index (χ0) is 11.8. The first kappa shape index (κ1) is 9.84. The number of rotatable bonds is 2. The molecule has 4 nitrogen and oxygen atoms in total. The fourth-order valence-corrected chi connectivity index (χ4v) is 2.02. The number of hydrogen-bond donors (Lipinski definition) is 1. The summed E-state index contributed by atoms with van der Waals surface area (Å²) >= 11 is 0. The second kappa shape index (κ2) is 3.59. The Labute approximate surface area is 97.9 Å². The fraction of sp³-hybridized carbons (Fsp3) is 0.0769. The van der Waals surface area contributed by atoms with Crippen molar-refractivity contribution in [3.63, 3.8) is 0 Å². The smallest absolute Gasteiger partial charge is 0.154 e. The van der Waals surface area contributed by atoms with E-state index in [1.54, 1.807) is 6.33 Å². The molecule has 2 heterocycles. The first-order valence-electron chi connectivity index (χ1n) is 5.36. The van der Waals surface area contributed by atoms with Crippen LogP contribution in [0.4, 0.5) is 0 Å². The van der Waals surface area contributed by atoms with Crippen LogP contribution >= 0.6 is 0 Å². The number of benzene rings is 1. The Morgan fingerprint density at radius 2 is 2.18 bits per heavy atom. The quantitative estimate of drug-likeness (QED) is 0.681. The molecular weight excluding hydrogens is 214 g/mol. The van der Waals surface area contributed by atoms with E-state index in [-0.39, 0.29) is 0 Å². The number of carbonyl (C=O) groups excluding carboxylic acids is 1. The minimum atomic E-state index is 0.665. The molecule has 3 rings (SSSR count). The summed E-state index contributed by atoms with van der Waals surface area (Å²) in [6, 6.07) is 7.75. The average Bonchev–Trinajstić information content (AvgIpc) is 2.91. The maximum Gasteiger partial charge on any atom is 0.154 e. The Hall–Kier alpha value is -2.36. The molecule has 3 aromatic rings. The van der Waals surface area contributed by atoms with Crippen molar-refractivity contribution in [2.24, 2.45) is 0 Å². The van der Waals surface area contributed by atoms with E-state index in [0.717, 1.165) is 28.7 Å². The molecule has 0 spiro atoms. The largest absolute Gasteiger partial charge is 0.340 e. The molecule has 0 unspecified atom stereocenters. The minimum Gasteiger partial charge on any atom is -0.340 e. The number of aromatic amines is 1. The Morgan fingerprint density at radius 3 is 2.88 bits per heavy atom. The number of nitrogens with zero attached hydrogens (tertiary/aromatic N) is 2. The molecule has 17 heavy (non-hydrogen) atoms. The van der Waals surface area contributed by atoms with Gasteiger partial charge >= 0.3 is 0 Å². The average molecular weight is 225 g/mol. The van der Waals surface area contributed by atoms with Crippen molar-refractivity contribution in [3.05, 3.63) is 48.0 Å². The Balaban J connectivity index is 2.32. The molecule has 0 atom stereocenters. The molecule has 0 aliphatic heterocycles. The van der Waals surface area contributed by atoms with Gasteiger partial charge < -0.3 is 4.98 Å². The van der Waals surface area contributed by atoms with Gasteiger partial charge in [0.1, 0.15) is 12.1 Å². The molecular formula is C13H11N3O. The Morgan fingerprint density at radius 1 is 1.35 bits per heavy atom. The lowest BCUT2D eigenvalue weighted by molar-refractivity contribution is 0.112. The second-order valence-electron chi connectivity index (χ2n) is 3.97. The van der Waals surface area contributed by atoms with Crippen molar-refractivity contribution in [1.82, 2.24) is 14.5 Å². The van der Waals surface area contributed by atoms with Gasteiger partial charge in [-0.2, -0.15) is 0 Å². The molecule has 0 amide bonds. The minimum absolute atomic E-state index is 0.665. The van der Waals surface area contributed by atoms with Crippen LogP contribution in [-0.2, 0) is 0 Å². The Bertz CT molecular complexity index is 694. The predicted molar refractivity (Wildman–Crippen MR) is 65.5 cm³/mol. The van der Waals surface area contributed by atoms with Crippen LogP contribution in [-0.4, -0.2) is 20.8 Å². The van der Waals surface area contributed by atoms with Crippen LogP contribution in [0, 0.1) is 6.92 Å². The van der Waals surface area contributed by atoms with Crippen LogP contribution in [0.2, 0.25) is 0 Å². The van der Waals surface area contributed by atoms with Crippen LogP contribution in [0.5, 0.6) is 0 Å². The van der Waals surface area contributed by atoms with Gasteiger partial charge in [0.05, 0.1) is 11.3 Å². The number of nitrogens with one attached hydrogen (secondary N) is 1. The van der Waals surface area contributed by atoms with Crippen LogP contribution in [0.3, 0.4) is 0 Å². The third kappa shape index (κ3) is 1.45. The molecule has 0 bridgehead atoms. The molecule has 84 valence electrons. The zero-order valence-electron chi connectivity index (χ0n) is 9.34. The van der Waals surface area contributed by atoms with E-state index in [9.17, 15) is 4.79 Å². The molecule has 0 fully saturated rings. The van der Waals surface area contributed by atoms with Crippen molar-refractivity contribution in [1.29, 1.82) is 0 Å². The van der Waals surface area contributed by atoms with Gasteiger partial charge in [0.2, 0.25) is 0 Å². The standard InChI is InChI=1S/C13H11N3O/c1-9-6-16(8-14-9)13-11(7-17)10-4-2-3-5-12(10)15-13/h2-8,15H,1H3. The number of imidazole rings is 1. The Kier molecular flexibility index (Phi) is 2.08. The molecule has 0 aliphatic carbocycles. The molecule has 0 aliphatic rings. The summed E-state index contributed by atoms with van der Waals surface area (Å²) in [5.74, 6) is 0.766. The highest BCUT2D eigenvalue weighted by molar-refractivity contribution is 6.01. The summed E-state index contributed by atoms with van der Waals surface area (Å²) in [7, 11) is 0. The summed E-state index contributed by atoms with van der Waals surface area (Å²) < 4.78 is 1.83. The normalized spacial score (nSPS) is 10.9. The monoisotopic (exact) mass is 225 g/mol. The van der Waals surface area contributed by atoms with Gasteiger partial charge in [0.25, 0.3) is 0 Å². The highest BCUT2D eigenvalue weighted by Crippen LogP contribution is 2.23. The third-order valence-corrected chi connectivity index (χ3v) is 2.81. The maximum absolute atomic E-state index is 11.2. The van der Waals surface area contributed by atoms with Gasteiger partial charge in [0, 0.05) is 17.1 Å². The molecule has 0 saturated heterocycles. The fourth-order valence-electron chi connectivity index (χ4n) is 2.02. The van der Waals surface area contributed by atoms with Gasteiger partial charge in [-0.05, 0) is 13.0 Å². The number of H-pyrrole nitrogens is 1. The molecule has 1 aromatic carbocycles. The van der Waals surface area contributed by atoms with Crippen LogP contribution in [0.15, 0.2) is 36.8 Å². The van der Waals surface area contributed by atoms with Crippen molar-refractivity contribution in [2.45, 2.75) is 6.92 Å². The predicted octanol–water partition coefficient (Wildman–Crippen LogP) is 2.47. The number of hydrogen-bond acceptors (Lipinski definition) is 2. The molecule has 0 saturated carbocycles. The SMILES string of the molecule is Cc1cn(-c2[nH]c3ccccc3c2C=O)cn1. The molecule has 0 radical (unpaired) electrons. The van der Waals surface area contributed by atoms with E-state index in [1.807, 2.05) is 42.0 Å². The van der Waals surface area contributed by atoms with E-state index in [1.165, 1.54) is 0 Å². The van der Waals surface area contributed by atoms with E-state index in [4.69, 9.17) is 0 Å². The zero-order valence-corrected chi connectivity index (χ0v) is 9.34. The summed E-state index contributed by atoms with van der Waals surface area (Å²) in [5.41, 5.74) is 2.54. The lowest BCUT2D eigenvalue weighted by atomic mass is 10.2. The van der Waals surface area contributed by atoms with E-state index >= 15 is 0 Å². The summed E-state index contributed by atoms with van der Waals surface area (Å²) in [6.45, 7) is 1.92. The molecule has 4 heteroatoms. The highest BCUT2D eigenvalue weighted by atomic mass is 16.1. The molecule has 1 N–H and O–H groups in total. The van der Waals surface area contributed by atoms with Gasteiger partial charge in [0.15, 0.2) is 6.29 Å². The first-order chi connectivity index (χ1) is 8.29. The highest BCUT2D eigenvalue weighted by Gasteiger charge is 2.11. The number of fused-ring (bicyclic) bond motifs is 1. The number of aryl methyl sites for hydroxylation is 1. The summed E-state index contributed by atoms with van der Waals surface area (Å²) in [4.78, 5) is 18.6. The lowest BCUT2D eigenvalue weighted by Crippen LogP contribution is -1.94. The lowest BCUT2D eigenvalue weighted by Gasteiger charge is -1.98. The van der Waals surface area contributed by atoms with Crippen molar-refractivity contribution in [3.8, 4) is 5.82 Å². The summed E-state index contributed by atoms with van der Waals surface area (Å²) in [5, 5.41) is 0.934. The second-order valence-corrected chi connectivity index (χ2v) is 3.97. The van der Waals surface area contributed by atoms with E-state index in [2.05, 4.69) is 9.97 Å². The third-order valence-electron chi connectivity index (χ3n) is 2.81. The van der Waals surface area contributed by atoms with Crippen LogP contribution in [0.1, 0.15) is 16.1 Å². The van der Waals surface area contributed by atoms with E-state index in [0.29, 0.717) is 5.56 Å². The van der Waals surface area contributed by atoms with Gasteiger partial charge in [-0.25, -0.2) is 4.98 Å². The number of para-hydroxylation sites is 1. The van der Waals surface area contributed by atoms with Crippen LogP contribution < -0.4 is 0 Å². The molecule has 2 aromatic heterocycles. The topological polar surface area (TPSA) is 50.7 Å². The van der Waals surface area contributed by atoms with Gasteiger partial charge in [-0.15, -0.1) is 0 Å². The van der Waals surface area contributed by atoms with Crippen molar-refractivity contribution in [2.75, 3.05) is 0 Å². The summed E-state index contributed by atoms with van der Waals surface area (Å²) in [6.07, 6.45) is 4.47. The van der Waals surface area contributed by atoms with E-state index < -0.39 is 0 Å². The van der Waals surface area contributed by atoms with Gasteiger partial charge in [-0.1, -0.05) is 18.2 Å². The first-order valence-corrected chi connectivity index (χ1v) is 5.36. The number of aromatic nitrogens is 3. The van der Waals surface area contributed by atoms with Crippen molar-refractivity contribution < 1.29 is 4.79 Å². The maximum atomic E-state index is 11.2. The van der Waals surface area contributed by atoms with Gasteiger partial charge in [-0.3, -0.25) is 9.36 Å².